The topological polar surface area (TPSA) is 78.9 Å². The molecule has 0 saturated heterocycles. The van der Waals surface area contributed by atoms with Crippen molar-refractivity contribution in [1.82, 2.24) is 0 Å². The quantitative estimate of drug-likeness (QED) is 0.0261. The zero-order chi connectivity index (χ0) is 54.3. The summed E-state index contributed by atoms with van der Waals surface area (Å²) in [7, 11) is 0. The third-order valence-corrected chi connectivity index (χ3v) is 14.2. The highest BCUT2D eigenvalue weighted by atomic mass is 16.6. The molecule has 0 heterocycles. The Morgan fingerprint density at radius 2 is 0.520 bits per heavy atom. The number of carbonyl (C=O) groups excluding carboxylic acids is 3. The average Bonchev–Trinajstić information content (AvgIpc) is 3.41. The van der Waals surface area contributed by atoms with Gasteiger partial charge in [0.15, 0.2) is 6.10 Å². The Labute approximate surface area is 465 Å². The van der Waals surface area contributed by atoms with Crippen LogP contribution in [0, 0.1) is 0 Å². The van der Waals surface area contributed by atoms with Crippen LogP contribution < -0.4 is 0 Å². The number of ether oxygens (including phenoxy) is 3. The minimum absolute atomic E-state index is 0.0793. The van der Waals surface area contributed by atoms with Gasteiger partial charge in [-0.2, -0.15) is 0 Å². The van der Waals surface area contributed by atoms with Crippen molar-refractivity contribution in [3.8, 4) is 0 Å². The summed E-state index contributed by atoms with van der Waals surface area (Å²) in [6, 6.07) is 0. The summed E-state index contributed by atoms with van der Waals surface area (Å²) in [6.45, 7) is 6.55. The number of carbonyl (C=O) groups is 3. The smallest absolute Gasteiger partial charge is 0.306 e. The molecule has 0 aliphatic rings. The molecule has 0 aromatic rings. The van der Waals surface area contributed by atoms with E-state index in [9.17, 15) is 14.4 Å². The lowest BCUT2D eigenvalue weighted by atomic mass is 10.0. The molecule has 0 aromatic carbocycles. The van der Waals surface area contributed by atoms with E-state index in [4.69, 9.17) is 14.2 Å². The van der Waals surface area contributed by atoms with Crippen LogP contribution in [0.5, 0.6) is 0 Å². The second kappa shape index (κ2) is 63.4. The van der Waals surface area contributed by atoms with Gasteiger partial charge in [-0.25, -0.2) is 0 Å². The first-order valence-corrected chi connectivity index (χ1v) is 32.4. The molecule has 0 saturated carbocycles. The fourth-order valence-electron chi connectivity index (χ4n) is 9.35. The Hall–Kier alpha value is -3.15. The fraction of sp³-hybridized carbons (Fsp3) is 0.783. The maximum atomic E-state index is 12.9. The van der Waals surface area contributed by atoms with Crippen molar-refractivity contribution in [2.24, 2.45) is 0 Å². The molecule has 0 aliphatic carbocycles. The van der Waals surface area contributed by atoms with Gasteiger partial charge in [0.1, 0.15) is 13.2 Å². The highest BCUT2D eigenvalue weighted by Gasteiger charge is 2.19. The third-order valence-electron chi connectivity index (χ3n) is 14.2. The Balaban J connectivity index is 4.38. The maximum absolute atomic E-state index is 12.9. The van der Waals surface area contributed by atoms with Crippen LogP contribution in [0.3, 0.4) is 0 Å². The van der Waals surface area contributed by atoms with Crippen molar-refractivity contribution in [1.29, 1.82) is 0 Å². The van der Waals surface area contributed by atoms with Crippen molar-refractivity contribution in [3.05, 3.63) is 72.9 Å². The minimum Gasteiger partial charge on any atom is -0.462 e. The molecular formula is C69H122O6. The highest BCUT2D eigenvalue weighted by molar-refractivity contribution is 5.71. The van der Waals surface area contributed by atoms with Gasteiger partial charge in [-0.05, 0) is 89.9 Å². The lowest BCUT2D eigenvalue weighted by Gasteiger charge is -2.18. The Bertz CT molecular complexity index is 1390. The molecule has 0 bridgehead atoms. The first kappa shape index (κ1) is 71.8. The van der Waals surface area contributed by atoms with E-state index in [0.29, 0.717) is 19.3 Å². The Morgan fingerprint density at radius 3 is 0.827 bits per heavy atom. The lowest BCUT2D eigenvalue weighted by Crippen LogP contribution is -2.30. The predicted octanol–water partition coefficient (Wildman–Crippen LogP) is 22.1. The summed E-state index contributed by atoms with van der Waals surface area (Å²) in [5.74, 6) is -0.884. The van der Waals surface area contributed by atoms with E-state index in [1.54, 1.807) is 0 Å². The number of esters is 3. The van der Waals surface area contributed by atoms with Gasteiger partial charge in [0.25, 0.3) is 0 Å². The standard InChI is InChI=1S/C69H122O6/c1-4-7-10-13-16-19-22-25-28-30-32-34-36-38-41-44-47-50-53-56-59-62-68(71)74-65-66(64-73-67(70)61-58-55-52-49-46-43-40-27-24-21-18-15-12-9-6-3)75-69(72)63-60-57-54-51-48-45-42-39-37-35-33-31-29-26-23-20-17-14-11-8-5-2/h7,10,16,19,25,28,31-34,38,41,66H,4-6,8-9,11-15,17-18,20-24,26-27,29-30,35-37,39-40,42-65H2,1-3H3/b10-7-,19-16-,28-25-,33-31-,34-32-,41-38-. The third kappa shape index (κ3) is 61.6. The molecule has 0 amide bonds. The van der Waals surface area contributed by atoms with Crippen LogP contribution in [-0.4, -0.2) is 37.2 Å². The molecule has 0 aliphatic heterocycles. The molecule has 6 nitrogen and oxygen atoms in total. The minimum atomic E-state index is -0.784. The number of unbranched alkanes of at least 4 members (excludes halogenated alkanes) is 36. The van der Waals surface area contributed by atoms with Gasteiger partial charge in [0.2, 0.25) is 0 Å². The Morgan fingerprint density at radius 1 is 0.280 bits per heavy atom. The van der Waals surface area contributed by atoms with Crippen molar-refractivity contribution < 1.29 is 28.6 Å². The van der Waals surface area contributed by atoms with Crippen molar-refractivity contribution in [2.75, 3.05) is 13.2 Å². The molecule has 0 radical (unpaired) electrons. The second-order valence-electron chi connectivity index (χ2n) is 21.6. The van der Waals surface area contributed by atoms with Gasteiger partial charge in [0, 0.05) is 19.3 Å². The second-order valence-corrected chi connectivity index (χ2v) is 21.6. The number of allylic oxidation sites excluding steroid dienone is 12. The van der Waals surface area contributed by atoms with Crippen molar-refractivity contribution in [3.63, 3.8) is 0 Å². The predicted molar refractivity (Wildman–Crippen MR) is 325 cm³/mol. The molecule has 434 valence electrons. The van der Waals surface area contributed by atoms with E-state index < -0.39 is 6.10 Å². The Kier molecular flexibility index (Phi) is 60.7. The molecule has 0 fully saturated rings. The van der Waals surface area contributed by atoms with Crippen LogP contribution in [0.4, 0.5) is 0 Å². The first-order valence-electron chi connectivity index (χ1n) is 32.4. The van der Waals surface area contributed by atoms with Gasteiger partial charge in [-0.3, -0.25) is 14.4 Å². The van der Waals surface area contributed by atoms with Crippen LogP contribution in [0.25, 0.3) is 0 Å². The van der Waals surface area contributed by atoms with Crippen LogP contribution in [0.2, 0.25) is 0 Å². The number of hydrogen-bond acceptors (Lipinski definition) is 6. The van der Waals surface area contributed by atoms with Crippen LogP contribution >= 0.6 is 0 Å². The zero-order valence-electron chi connectivity index (χ0n) is 49.8. The van der Waals surface area contributed by atoms with Gasteiger partial charge in [0.05, 0.1) is 0 Å². The van der Waals surface area contributed by atoms with Crippen molar-refractivity contribution in [2.45, 2.75) is 335 Å². The molecule has 75 heavy (non-hydrogen) atoms. The van der Waals surface area contributed by atoms with E-state index in [2.05, 4.69) is 93.7 Å². The van der Waals surface area contributed by atoms with Crippen LogP contribution in [-0.2, 0) is 28.6 Å². The summed E-state index contributed by atoms with van der Waals surface area (Å²) >= 11 is 0. The van der Waals surface area contributed by atoms with E-state index in [-0.39, 0.29) is 31.1 Å². The summed E-state index contributed by atoms with van der Waals surface area (Å²) < 4.78 is 16.9. The van der Waals surface area contributed by atoms with E-state index >= 15 is 0 Å². The molecule has 6 heteroatoms. The zero-order valence-corrected chi connectivity index (χ0v) is 49.8. The summed E-state index contributed by atoms with van der Waals surface area (Å²) in [5, 5.41) is 0. The maximum Gasteiger partial charge on any atom is 0.306 e. The summed E-state index contributed by atoms with van der Waals surface area (Å²) in [5.41, 5.74) is 0. The lowest BCUT2D eigenvalue weighted by molar-refractivity contribution is -0.167. The molecule has 0 N–H and O–H groups in total. The molecule has 1 atom stereocenters. The van der Waals surface area contributed by atoms with E-state index in [1.165, 1.54) is 180 Å². The summed E-state index contributed by atoms with van der Waals surface area (Å²) in [4.78, 5) is 38.3. The monoisotopic (exact) mass is 1050 g/mol. The normalized spacial score (nSPS) is 12.5. The molecular weight excluding hydrogens is 925 g/mol. The van der Waals surface area contributed by atoms with Gasteiger partial charge < -0.3 is 14.2 Å². The van der Waals surface area contributed by atoms with Gasteiger partial charge in [-0.15, -0.1) is 0 Å². The molecule has 0 rings (SSSR count). The highest BCUT2D eigenvalue weighted by Crippen LogP contribution is 2.17. The SMILES string of the molecule is CC/C=C\C/C=C\C/C=C\C/C=C\C/C=C\CCCCCCCC(=O)OCC(COC(=O)CCCCCCCCCCCCCCCCC)OC(=O)CCCCCCCCCCC/C=C\CCCCCCCCCC. The fourth-order valence-corrected chi connectivity index (χ4v) is 9.35. The molecule has 1 unspecified atom stereocenters. The van der Waals surface area contributed by atoms with Gasteiger partial charge >= 0.3 is 17.9 Å². The average molecular weight is 1050 g/mol. The van der Waals surface area contributed by atoms with E-state index in [1.807, 2.05) is 0 Å². The number of rotatable bonds is 59. The first-order chi connectivity index (χ1) is 37.0. The van der Waals surface area contributed by atoms with E-state index in [0.717, 1.165) is 109 Å². The number of hydrogen-bond donors (Lipinski definition) is 0. The van der Waals surface area contributed by atoms with Gasteiger partial charge in [-0.1, -0.05) is 293 Å². The summed E-state index contributed by atoms with van der Waals surface area (Å²) in [6.07, 6.45) is 81.9. The molecule has 0 spiro atoms. The molecule has 0 aromatic heterocycles. The van der Waals surface area contributed by atoms with Crippen LogP contribution in [0.15, 0.2) is 72.9 Å². The van der Waals surface area contributed by atoms with Crippen molar-refractivity contribution >= 4 is 17.9 Å². The van der Waals surface area contributed by atoms with Crippen LogP contribution in [0.1, 0.15) is 329 Å². The largest absolute Gasteiger partial charge is 0.462 e.